The molecule has 2 fully saturated rings. The second kappa shape index (κ2) is 9.48. The first-order valence-electron chi connectivity index (χ1n) is 12.5. The average molecular weight is 540 g/mol. The summed E-state index contributed by atoms with van der Waals surface area (Å²) < 4.78 is 42.7. The van der Waals surface area contributed by atoms with Crippen molar-refractivity contribution in [1.82, 2.24) is 24.5 Å². The Hall–Kier alpha value is -4.27. The van der Waals surface area contributed by atoms with Crippen molar-refractivity contribution < 1.29 is 22.8 Å². The lowest BCUT2D eigenvalue weighted by molar-refractivity contribution is -0.137. The lowest BCUT2D eigenvalue weighted by Crippen LogP contribution is -2.42. The van der Waals surface area contributed by atoms with Crippen molar-refractivity contribution in [3.05, 3.63) is 53.3 Å². The van der Waals surface area contributed by atoms with Crippen LogP contribution in [0, 0.1) is 17.3 Å². The molecule has 0 radical (unpaired) electrons. The Morgan fingerprint density at radius 2 is 2.00 bits per heavy atom. The third kappa shape index (κ3) is 4.73. The molecule has 1 saturated heterocycles. The van der Waals surface area contributed by atoms with Crippen molar-refractivity contribution >= 4 is 17.6 Å². The Morgan fingerprint density at radius 1 is 1.26 bits per heavy atom. The van der Waals surface area contributed by atoms with Crippen molar-refractivity contribution in [2.24, 2.45) is 11.1 Å². The summed E-state index contributed by atoms with van der Waals surface area (Å²) in [4.78, 5) is 26.3. The molecular formula is C27H28F3N7O2. The Bertz CT molecular complexity index is 1510. The van der Waals surface area contributed by atoms with E-state index in [4.69, 9.17) is 11.5 Å². The maximum Gasteiger partial charge on any atom is 0.416 e. The van der Waals surface area contributed by atoms with Crippen LogP contribution in [0.25, 0.3) is 11.3 Å². The molecule has 2 aromatic heterocycles. The summed E-state index contributed by atoms with van der Waals surface area (Å²) in [6.07, 6.45) is 0.984. The minimum Gasteiger partial charge on any atom is -0.383 e. The van der Waals surface area contributed by atoms with Gasteiger partial charge in [-0.2, -0.15) is 23.4 Å². The average Bonchev–Trinajstić information content (AvgIpc) is 3.59. The minimum absolute atomic E-state index is 0.0353. The summed E-state index contributed by atoms with van der Waals surface area (Å²) in [5, 5.41) is 8.96. The summed E-state index contributed by atoms with van der Waals surface area (Å²) in [6, 6.07) is 4.48. The third-order valence-corrected chi connectivity index (χ3v) is 7.80. The summed E-state index contributed by atoms with van der Waals surface area (Å²) in [7, 11) is 0. The molecule has 12 heteroatoms. The molecule has 2 aliphatic rings. The number of hydrogen-bond donors (Lipinski definition) is 2. The molecular weight excluding hydrogens is 511 g/mol. The number of hydrogen-bond acceptors (Lipinski definition) is 5. The number of amides is 2. The lowest BCUT2D eigenvalue weighted by atomic mass is 9.65. The highest BCUT2D eigenvalue weighted by Crippen LogP contribution is 2.54. The molecule has 1 atom stereocenters. The van der Waals surface area contributed by atoms with Crippen LogP contribution in [-0.4, -0.2) is 49.4 Å². The molecule has 1 aromatic carbocycles. The van der Waals surface area contributed by atoms with Gasteiger partial charge in [-0.05, 0) is 62.1 Å². The first kappa shape index (κ1) is 26.3. The topological polar surface area (TPSA) is 125 Å². The van der Waals surface area contributed by atoms with Gasteiger partial charge in [-0.3, -0.25) is 14.3 Å². The van der Waals surface area contributed by atoms with Gasteiger partial charge in [-0.15, -0.1) is 0 Å². The number of primary amides is 1. The maximum absolute atomic E-state index is 13.2. The summed E-state index contributed by atoms with van der Waals surface area (Å²) in [5.41, 5.74) is 12.5. The van der Waals surface area contributed by atoms with Crippen LogP contribution >= 0.6 is 0 Å². The third-order valence-electron chi connectivity index (χ3n) is 7.80. The van der Waals surface area contributed by atoms with Crippen LogP contribution in [0.5, 0.6) is 0 Å². The number of halogens is 3. The highest BCUT2D eigenvalue weighted by molar-refractivity contribution is 6.03. The molecule has 1 saturated carbocycles. The predicted molar refractivity (Wildman–Crippen MR) is 137 cm³/mol. The van der Waals surface area contributed by atoms with E-state index < -0.39 is 23.7 Å². The molecule has 3 heterocycles. The second-order valence-corrected chi connectivity index (χ2v) is 10.3. The SMILES string of the molecule is CC#CC(=O)N1CC[C@]2(C1)C[C@H](n1nc(-c3cnn(C(C)c4cccc(C(F)(F)F)c4)c3)c(C(N)=O)c1N)C2. The number of carbonyl (C=O) groups is 2. The van der Waals surface area contributed by atoms with Crippen molar-refractivity contribution in [3.8, 4) is 23.1 Å². The van der Waals surface area contributed by atoms with E-state index >= 15 is 0 Å². The standard InChI is InChI=1S/C27H28F3N7O2/c1-3-5-21(38)35-9-8-26(15-35)11-20(12-26)37-24(31)22(25(32)39)23(34-37)18-13-33-36(14-18)16(2)17-6-4-7-19(10-17)27(28,29)30/h4,6-7,10,13-14,16,20H,8-9,11-12,15,31H2,1-2H3,(H2,32,39)/t16?,20-,26-. The van der Waals surface area contributed by atoms with E-state index in [0.29, 0.717) is 24.2 Å². The number of alkyl halides is 3. The molecule has 1 aliphatic heterocycles. The normalized spacial score (nSPS) is 21.4. The monoisotopic (exact) mass is 539 g/mol. The fourth-order valence-electron chi connectivity index (χ4n) is 5.71. The molecule has 1 aliphatic carbocycles. The van der Waals surface area contributed by atoms with E-state index in [0.717, 1.165) is 31.4 Å². The number of anilines is 1. The molecule has 1 spiro atoms. The zero-order valence-corrected chi connectivity index (χ0v) is 21.5. The van der Waals surface area contributed by atoms with Gasteiger partial charge in [0.1, 0.15) is 17.1 Å². The number of benzene rings is 1. The molecule has 5 rings (SSSR count). The predicted octanol–water partition coefficient (Wildman–Crippen LogP) is 3.63. The first-order valence-corrected chi connectivity index (χ1v) is 12.5. The molecule has 3 aromatic rings. The highest BCUT2D eigenvalue weighted by Gasteiger charge is 2.51. The van der Waals surface area contributed by atoms with E-state index in [1.165, 1.54) is 16.9 Å². The number of carbonyl (C=O) groups excluding carboxylic acids is 2. The fraction of sp³-hybridized carbons (Fsp3) is 0.407. The first-order chi connectivity index (χ1) is 18.4. The zero-order chi connectivity index (χ0) is 28.1. The summed E-state index contributed by atoms with van der Waals surface area (Å²) in [5.74, 6) is 4.47. The zero-order valence-electron chi connectivity index (χ0n) is 21.5. The number of rotatable bonds is 5. The van der Waals surface area contributed by atoms with Crippen LogP contribution in [0.3, 0.4) is 0 Å². The van der Waals surface area contributed by atoms with Gasteiger partial charge in [0.05, 0.1) is 23.8 Å². The van der Waals surface area contributed by atoms with E-state index in [9.17, 15) is 22.8 Å². The lowest BCUT2D eigenvalue weighted by Gasteiger charge is -2.45. The van der Waals surface area contributed by atoms with Gasteiger partial charge in [0.2, 0.25) is 0 Å². The van der Waals surface area contributed by atoms with Gasteiger partial charge < -0.3 is 16.4 Å². The fourth-order valence-corrected chi connectivity index (χ4v) is 5.71. The van der Waals surface area contributed by atoms with Crippen molar-refractivity contribution in [3.63, 3.8) is 0 Å². The van der Waals surface area contributed by atoms with Crippen LogP contribution < -0.4 is 11.5 Å². The second-order valence-electron chi connectivity index (χ2n) is 10.3. The summed E-state index contributed by atoms with van der Waals surface area (Å²) in [6.45, 7) is 4.63. The van der Waals surface area contributed by atoms with Gasteiger partial charge in [-0.25, -0.2) is 4.68 Å². The summed E-state index contributed by atoms with van der Waals surface area (Å²) >= 11 is 0. The Balaban J connectivity index is 1.38. The van der Waals surface area contributed by atoms with E-state index in [1.807, 2.05) is 0 Å². The van der Waals surface area contributed by atoms with Crippen molar-refractivity contribution in [2.75, 3.05) is 18.8 Å². The molecule has 1 unspecified atom stereocenters. The maximum atomic E-state index is 13.2. The number of likely N-dealkylation sites (tertiary alicyclic amines) is 1. The van der Waals surface area contributed by atoms with Gasteiger partial charge in [0.15, 0.2) is 0 Å². The van der Waals surface area contributed by atoms with Gasteiger partial charge in [0.25, 0.3) is 11.8 Å². The van der Waals surface area contributed by atoms with Crippen LogP contribution in [0.2, 0.25) is 0 Å². The van der Waals surface area contributed by atoms with Gasteiger partial charge in [0, 0.05) is 24.8 Å². The smallest absolute Gasteiger partial charge is 0.383 e. The Morgan fingerprint density at radius 3 is 2.67 bits per heavy atom. The molecule has 204 valence electrons. The highest BCUT2D eigenvalue weighted by atomic mass is 19.4. The van der Waals surface area contributed by atoms with Gasteiger partial charge in [-0.1, -0.05) is 18.1 Å². The Kier molecular flexibility index (Phi) is 6.40. The number of nitrogens with two attached hydrogens (primary N) is 2. The largest absolute Gasteiger partial charge is 0.416 e. The van der Waals surface area contributed by atoms with Crippen LogP contribution in [0.15, 0.2) is 36.7 Å². The Labute approximate surface area is 222 Å². The van der Waals surface area contributed by atoms with E-state index in [1.54, 1.807) is 35.7 Å². The quantitative estimate of drug-likeness (QED) is 0.479. The number of aromatic nitrogens is 4. The molecule has 9 nitrogen and oxygen atoms in total. The number of nitrogen functional groups attached to an aromatic ring is 1. The molecule has 4 N–H and O–H groups in total. The number of nitrogens with zero attached hydrogens (tertiary/aromatic N) is 5. The van der Waals surface area contributed by atoms with E-state index in [2.05, 4.69) is 22.0 Å². The minimum atomic E-state index is -4.46. The van der Waals surface area contributed by atoms with Gasteiger partial charge >= 0.3 is 6.18 Å². The van der Waals surface area contributed by atoms with Crippen LogP contribution in [0.4, 0.5) is 19.0 Å². The van der Waals surface area contributed by atoms with Crippen molar-refractivity contribution in [2.45, 2.75) is 51.4 Å². The molecule has 39 heavy (non-hydrogen) atoms. The van der Waals surface area contributed by atoms with Crippen LogP contribution in [-0.2, 0) is 11.0 Å². The molecule has 0 bridgehead atoms. The van der Waals surface area contributed by atoms with Crippen LogP contribution in [0.1, 0.15) is 66.7 Å². The van der Waals surface area contributed by atoms with E-state index in [-0.39, 0.29) is 34.4 Å². The van der Waals surface area contributed by atoms with Crippen molar-refractivity contribution in [1.29, 1.82) is 0 Å². The molecule has 2 amide bonds.